The summed E-state index contributed by atoms with van der Waals surface area (Å²) in [5, 5.41) is 1.17. The van der Waals surface area contributed by atoms with E-state index >= 15 is 0 Å². The van der Waals surface area contributed by atoms with Crippen molar-refractivity contribution in [2.75, 3.05) is 17.2 Å². The molecule has 2 aliphatic heterocycles. The second-order valence-corrected chi connectivity index (χ2v) is 8.67. The van der Waals surface area contributed by atoms with Crippen molar-refractivity contribution in [1.82, 2.24) is 4.90 Å². The van der Waals surface area contributed by atoms with Gasteiger partial charge in [-0.2, -0.15) is 0 Å². The molecule has 0 bridgehead atoms. The van der Waals surface area contributed by atoms with Crippen LogP contribution in [0.5, 0.6) is 0 Å². The van der Waals surface area contributed by atoms with Gasteiger partial charge in [-0.1, -0.05) is 48.3 Å². The monoisotopic (exact) mass is 420 g/mol. The van der Waals surface area contributed by atoms with Gasteiger partial charge in [-0.25, -0.2) is 0 Å². The summed E-state index contributed by atoms with van der Waals surface area (Å²) >= 11 is 14.1. The van der Waals surface area contributed by atoms with Gasteiger partial charge in [-0.15, -0.1) is 11.8 Å². The molecular formula is C20H18Cl2N2O2S. The minimum atomic E-state index is -1.03. The number of anilines is 1. The molecule has 2 aliphatic rings. The minimum Gasteiger partial charge on any atom is -0.315 e. The number of hydrogen-bond acceptors (Lipinski definition) is 3. The lowest BCUT2D eigenvalue weighted by molar-refractivity contribution is -0.139. The summed E-state index contributed by atoms with van der Waals surface area (Å²) in [6, 6.07) is 12.9. The molecule has 0 N–H and O–H groups in total. The van der Waals surface area contributed by atoms with E-state index in [4.69, 9.17) is 23.2 Å². The maximum Gasteiger partial charge on any atom is 0.268 e. The number of rotatable bonds is 3. The van der Waals surface area contributed by atoms with E-state index in [0.717, 1.165) is 16.8 Å². The zero-order valence-electron chi connectivity index (χ0n) is 14.7. The van der Waals surface area contributed by atoms with Crippen molar-refractivity contribution in [3.63, 3.8) is 0 Å². The van der Waals surface area contributed by atoms with Crippen LogP contribution in [-0.2, 0) is 21.0 Å². The fraction of sp³-hybridized carbons (Fsp3) is 0.300. The number of amides is 2. The van der Waals surface area contributed by atoms with Gasteiger partial charge in [-0.3, -0.25) is 9.59 Å². The van der Waals surface area contributed by atoms with Crippen LogP contribution in [0.15, 0.2) is 42.5 Å². The number of carbonyl (C=O) groups excluding carboxylic acids is 2. The molecule has 0 aromatic heterocycles. The number of hydrogen-bond donors (Lipinski definition) is 0. The molecule has 2 amide bonds. The third-order valence-electron chi connectivity index (χ3n) is 5.05. The molecule has 2 aromatic rings. The molecule has 7 heteroatoms. The maximum atomic E-state index is 13.7. The summed E-state index contributed by atoms with van der Waals surface area (Å²) in [7, 11) is 0. The first-order valence-electron chi connectivity index (χ1n) is 8.79. The molecule has 4 rings (SSSR count). The number of halogens is 2. The Morgan fingerprint density at radius 2 is 2.00 bits per heavy atom. The number of thioether (sulfide) groups is 1. The highest BCUT2D eigenvalue weighted by Gasteiger charge is 2.59. The minimum absolute atomic E-state index is 0.0288. The lowest BCUT2D eigenvalue weighted by Crippen LogP contribution is -2.50. The average Bonchev–Trinajstić information content (AvgIpc) is 3.20. The third-order valence-corrected chi connectivity index (χ3v) is 7.07. The normalized spacial score (nSPS) is 21.2. The maximum absolute atomic E-state index is 13.7. The first-order valence-corrected chi connectivity index (χ1v) is 10.5. The Kier molecular flexibility index (Phi) is 4.87. The largest absolute Gasteiger partial charge is 0.315 e. The number of fused-ring (bicyclic) bond motifs is 2. The Morgan fingerprint density at radius 3 is 2.74 bits per heavy atom. The van der Waals surface area contributed by atoms with Gasteiger partial charge in [0.1, 0.15) is 0 Å². The molecular weight excluding hydrogens is 403 g/mol. The summed E-state index contributed by atoms with van der Waals surface area (Å²) in [5.41, 5.74) is 2.44. The van der Waals surface area contributed by atoms with Crippen LogP contribution in [-0.4, -0.2) is 29.0 Å². The summed E-state index contributed by atoms with van der Waals surface area (Å²) in [5.74, 6) is 0.575. The van der Waals surface area contributed by atoms with Gasteiger partial charge < -0.3 is 9.80 Å². The van der Waals surface area contributed by atoms with Crippen LogP contribution < -0.4 is 4.90 Å². The van der Waals surface area contributed by atoms with E-state index < -0.39 is 4.87 Å². The molecule has 0 saturated carbocycles. The Balaban J connectivity index is 1.84. The molecule has 1 fully saturated rings. The van der Waals surface area contributed by atoms with Crippen molar-refractivity contribution in [3.05, 3.63) is 63.6 Å². The summed E-state index contributed by atoms with van der Waals surface area (Å²) in [4.78, 5) is 28.7. The van der Waals surface area contributed by atoms with Gasteiger partial charge >= 0.3 is 0 Å². The van der Waals surface area contributed by atoms with Gasteiger partial charge in [0.15, 0.2) is 4.87 Å². The van der Waals surface area contributed by atoms with Gasteiger partial charge in [0.2, 0.25) is 5.91 Å². The Hall–Kier alpha value is -1.69. The van der Waals surface area contributed by atoms with Crippen molar-refractivity contribution < 1.29 is 9.59 Å². The summed E-state index contributed by atoms with van der Waals surface area (Å²) < 4.78 is 0. The van der Waals surface area contributed by atoms with Gasteiger partial charge in [0.05, 0.1) is 12.2 Å². The molecule has 27 heavy (non-hydrogen) atoms. The van der Waals surface area contributed by atoms with Crippen molar-refractivity contribution in [2.24, 2.45) is 0 Å². The summed E-state index contributed by atoms with van der Waals surface area (Å²) in [6.45, 7) is 2.72. The molecule has 4 nitrogen and oxygen atoms in total. The van der Waals surface area contributed by atoms with E-state index in [9.17, 15) is 9.59 Å². The van der Waals surface area contributed by atoms with Crippen LogP contribution in [0.4, 0.5) is 5.69 Å². The average molecular weight is 421 g/mol. The number of carbonyl (C=O) groups is 2. The van der Waals surface area contributed by atoms with Crippen molar-refractivity contribution >= 4 is 52.5 Å². The second-order valence-electron chi connectivity index (χ2n) is 6.54. The van der Waals surface area contributed by atoms with Crippen molar-refractivity contribution in [3.8, 4) is 0 Å². The lowest BCUT2D eigenvalue weighted by Gasteiger charge is -2.33. The number of benzene rings is 2. The predicted octanol–water partition coefficient (Wildman–Crippen LogP) is 4.68. The molecule has 140 valence electrons. The fourth-order valence-electron chi connectivity index (χ4n) is 3.79. The first-order chi connectivity index (χ1) is 13.0. The Bertz CT molecular complexity index is 936. The molecule has 0 unspecified atom stereocenters. The van der Waals surface area contributed by atoms with Crippen LogP contribution in [0.2, 0.25) is 10.0 Å². The van der Waals surface area contributed by atoms with E-state index in [1.54, 1.807) is 15.9 Å². The van der Waals surface area contributed by atoms with Crippen LogP contribution in [0.25, 0.3) is 0 Å². The molecule has 0 aliphatic carbocycles. The Morgan fingerprint density at radius 1 is 1.22 bits per heavy atom. The summed E-state index contributed by atoms with van der Waals surface area (Å²) in [6.07, 6.45) is 0.357. The van der Waals surface area contributed by atoms with Crippen LogP contribution in [0, 0.1) is 0 Å². The quantitative estimate of drug-likeness (QED) is 0.723. The van der Waals surface area contributed by atoms with Gasteiger partial charge in [-0.05, 0) is 29.8 Å². The first kappa shape index (κ1) is 18.7. The van der Waals surface area contributed by atoms with Crippen LogP contribution in [0.3, 0.4) is 0 Å². The van der Waals surface area contributed by atoms with E-state index in [0.29, 0.717) is 35.3 Å². The van der Waals surface area contributed by atoms with E-state index in [2.05, 4.69) is 0 Å². The lowest BCUT2D eigenvalue weighted by atomic mass is 10.1. The third kappa shape index (κ3) is 2.84. The second kappa shape index (κ2) is 7.04. The highest BCUT2D eigenvalue weighted by Crippen LogP contribution is 2.55. The smallest absolute Gasteiger partial charge is 0.268 e. The van der Waals surface area contributed by atoms with E-state index in [-0.39, 0.29) is 11.8 Å². The standard InChI is InChI=1S/C20H18Cl2N2O2S/c1-2-18(25)24-9-10-27-20(24)15-11-14(21)7-8-17(15)23(19(20)26)12-13-5-3-4-6-16(13)22/h3-8,11H,2,9-10,12H2,1H3/t20-/m1/s1. The molecule has 2 aromatic carbocycles. The highest BCUT2D eigenvalue weighted by atomic mass is 35.5. The molecule has 1 saturated heterocycles. The highest BCUT2D eigenvalue weighted by molar-refractivity contribution is 8.01. The molecule has 0 radical (unpaired) electrons. The van der Waals surface area contributed by atoms with Crippen molar-refractivity contribution in [2.45, 2.75) is 24.8 Å². The van der Waals surface area contributed by atoms with E-state index in [1.165, 1.54) is 11.8 Å². The zero-order chi connectivity index (χ0) is 19.2. The van der Waals surface area contributed by atoms with E-state index in [1.807, 2.05) is 43.3 Å². The Labute approximate surface area is 172 Å². The number of nitrogens with zero attached hydrogens (tertiary/aromatic N) is 2. The van der Waals surface area contributed by atoms with Crippen molar-refractivity contribution in [1.29, 1.82) is 0 Å². The van der Waals surface area contributed by atoms with Gasteiger partial charge in [0, 0.05) is 34.3 Å². The SMILES string of the molecule is CCC(=O)N1CCS[C@]12C(=O)N(Cc1ccccc1Cl)c1ccc(Cl)cc12. The molecule has 2 heterocycles. The molecule has 1 spiro atoms. The van der Waals surface area contributed by atoms with Crippen LogP contribution in [0.1, 0.15) is 24.5 Å². The fourth-order valence-corrected chi connectivity index (χ4v) is 5.63. The predicted molar refractivity (Wildman–Crippen MR) is 110 cm³/mol. The topological polar surface area (TPSA) is 40.6 Å². The molecule has 1 atom stereocenters. The zero-order valence-corrected chi connectivity index (χ0v) is 17.1. The van der Waals surface area contributed by atoms with Gasteiger partial charge in [0.25, 0.3) is 5.91 Å². The van der Waals surface area contributed by atoms with Crippen LogP contribution >= 0.6 is 35.0 Å².